The Morgan fingerprint density at radius 3 is 2.34 bits per heavy atom. The summed E-state index contributed by atoms with van der Waals surface area (Å²) in [6, 6.07) is 4.85. The van der Waals surface area contributed by atoms with E-state index in [1.54, 1.807) is 21.9 Å². The molecule has 0 spiro atoms. The molecule has 2 heterocycles. The van der Waals surface area contributed by atoms with Crippen LogP contribution in [0.3, 0.4) is 0 Å². The number of sulfonamides is 1. The third-order valence-corrected chi connectivity index (χ3v) is 7.69. The van der Waals surface area contributed by atoms with Crippen molar-refractivity contribution >= 4 is 27.5 Å². The lowest BCUT2D eigenvalue weighted by Gasteiger charge is -2.35. The normalized spacial score (nSPS) is 24.7. The van der Waals surface area contributed by atoms with Crippen molar-refractivity contribution in [2.24, 2.45) is 11.8 Å². The second-order valence-corrected chi connectivity index (χ2v) is 10.8. The minimum Gasteiger partial charge on any atom is -0.341 e. The Bertz CT molecular complexity index is 905. The highest BCUT2D eigenvalue weighted by Crippen LogP contribution is 2.34. The molecular weight excluding hydrogens is 390 g/mol. The van der Waals surface area contributed by atoms with Gasteiger partial charge in [-0.25, -0.2) is 8.42 Å². The number of benzene rings is 1. The molecule has 0 radical (unpaired) electrons. The molecule has 0 aliphatic carbocycles. The van der Waals surface area contributed by atoms with Gasteiger partial charge in [0.2, 0.25) is 21.8 Å². The number of fused-ring (bicyclic) bond motifs is 1. The Morgan fingerprint density at radius 2 is 1.76 bits per heavy atom. The second kappa shape index (κ2) is 8.07. The molecule has 2 aliphatic heterocycles. The fraction of sp³-hybridized carbons (Fsp3) is 0.619. The first-order valence-electron chi connectivity index (χ1n) is 10.2. The van der Waals surface area contributed by atoms with Gasteiger partial charge >= 0.3 is 0 Å². The van der Waals surface area contributed by atoms with E-state index < -0.39 is 10.0 Å². The van der Waals surface area contributed by atoms with Crippen molar-refractivity contribution in [3.63, 3.8) is 0 Å². The molecule has 0 unspecified atom stereocenters. The first-order chi connectivity index (χ1) is 13.5. The molecule has 3 atom stereocenters. The monoisotopic (exact) mass is 421 g/mol. The van der Waals surface area contributed by atoms with Gasteiger partial charge in [-0.3, -0.25) is 9.59 Å². The van der Waals surface area contributed by atoms with Gasteiger partial charge in [0, 0.05) is 38.8 Å². The topological polar surface area (TPSA) is 78.0 Å². The predicted octanol–water partition coefficient (Wildman–Crippen LogP) is 2.11. The number of hydrogen-bond donors (Lipinski definition) is 0. The van der Waals surface area contributed by atoms with Crippen LogP contribution in [0, 0.1) is 11.8 Å². The van der Waals surface area contributed by atoms with Gasteiger partial charge in [0.25, 0.3) is 0 Å². The smallest absolute Gasteiger partial charge is 0.243 e. The van der Waals surface area contributed by atoms with E-state index in [4.69, 9.17) is 0 Å². The summed E-state index contributed by atoms with van der Waals surface area (Å²) in [5.41, 5.74) is 1.60. The van der Waals surface area contributed by atoms with Crippen molar-refractivity contribution in [2.75, 3.05) is 31.6 Å². The SMILES string of the molecule is CC(=O)N1c2ccc(S(=O)(=O)N(C)CC(=O)N3C[C@H](C)C[C@H](C)C3)cc2C[C@H]1C. The molecule has 0 saturated carbocycles. The van der Waals surface area contributed by atoms with E-state index >= 15 is 0 Å². The first-order valence-corrected chi connectivity index (χ1v) is 11.6. The maximum absolute atomic E-state index is 13.1. The maximum atomic E-state index is 13.1. The number of rotatable bonds is 4. The van der Waals surface area contributed by atoms with Crippen LogP contribution >= 0.6 is 0 Å². The van der Waals surface area contributed by atoms with E-state index in [9.17, 15) is 18.0 Å². The molecule has 29 heavy (non-hydrogen) atoms. The Labute approximate surface area is 173 Å². The number of carbonyl (C=O) groups excluding carboxylic acids is 2. The van der Waals surface area contributed by atoms with Crippen LogP contribution < -0.4 is 4.90 Å². The molecule has 3 rings (SSSR count). The average Bonchev–Trinajstić information content (AvgIpc) is 2.95. The van der Waals surface area contributed by atoms with Gasteiger partial charge in [0.1, 0.15) is 0 Å². The van der Waals surface area contributed by atoms with E-state index in [0.717, 1.165) is 22.0 Å². The second-order valence-electron chi connectivity index (χ2n) is 8.74. The molecule has 2 aliphatic rings. The highest BCUT2D eigenvalue weighted by atomic mass is 32.2. The van der Waals surface area contributed by atoms with Gasteiger partial charge < -0.3 is 9.80 Å². The van der Waals surface area contributed by atoms with E-state index in [1.165, 1.54) is 20.0 Å². The van der Waals surface area contributed by atoms with Crippen LogP contribution in [0.5, 0.6) is 0 Å². The molecular formula is C21H31N3O4S. The lowest BCUT2D eigenvalue weighted by atomic mass is 9.92. The van der Waals surface area contributed by atoms with Gasteiger partial charge in [0.15, 0.2) is 0 Å². The van der Waals surface area contributed by atoms with Gasteiger partial charge in [0.05, 0.1) is 11.4 Å². The van der Waals surface area contributed by atoms with Crippen LogP contribution in [0.2, 0.25) is 0 Å². The molecule has 1 fully saturated rings. The Hall–Kier alpha value is -1.93. The van der Waals surface area contributed by atoms with Crippen LogP contribution in [0.1, 0.15) is 39.7 Å². The Balaban J connectivity index is 1.76. The van der Waals surface area contributed by atoms with Crippen molar-refractivity contribution in [3.05, 3.63) is 23.8 Å². The van der Waals surface area contributed by atoms with Crippen molar-refractivity contribution in [3.8, 4) is 0 Å². The largest absolute Gasteiger partial charge is 0.341 e. The standard InChI is InChI=1S/C21H31N3O4S/c1-14-8-15(2)12-23(11-14)21(26)13-22(5)29(27,28)19-6-7-20-18(10-19)9-16(3)24(20)17(4)25/h6-7,10,14-16H,8-9,11-13H2,1-5H3/t14-,15+,16-/m1/s1. The summed E-state index contributed by atoms with van der Waals surface area (Å²) in [5, 5.41) is 0. The van der Waals surface area contributed by atoms with Gasteiger partial charge in [-0.15, -0.1) is 0 Å². The van der Waals surface area contributed by atoms with Gasteiger partial charge in [-0.1, -0.05) is 13.8 Å². The summed E-state index contributed by atoms with van der Waals surface area (Å²) in [7, 11) is -2.35. The highest BCUT2D eigenvalue weighted by Gasteiger charge is 2.32. The Kier molecular flexibility index (Phi) is 6.06. The summed E-state index contributed by atoms with van der Waals surface area (Å²) in [4.78, 5) is 28.2. The third kappa shape index (κ3) is 4.33. The van der Waals surface area contributed by atoms with Crippen LogP contribution in [-0.2, 0) is 26.0 Å². The number of piperidine rings is 1. The van der Waals surface area contributed by atoms with Crippen molar-refractivity contribution in [1.82, 2.24) is 9.21 Å². The van der Waals surface area contributed by atoms with Crippen molar-refractivity contribution in [1.29, 1.82) is 0 Å². The summed E-state index contributed by atoms with van der Waals surface area (Å²) in [5.74, 6) is 0.631. The van der Waals surface area contributed by atoms with Crippen LogP contribution in [0.15, 0.2) is 23.1 Å². The molecule has 160 valence electrons. The Morgan fingerprint density at radius 1 is 1.14 bits per heavy atom. The molecule has 1 aromatic carbocycles. The summed E-state index contributed by atoms with van der Waals surface area (Å²) < 4.78 is 27.2. The average molecular weight is 422 g/mol. The number of anilines is 1. The lowest BCUT2D eigenvalue weighted by molar-refractivity contribution is -0.133. The molecule has 0 bridgehead atoms. The number of likely N-dealkylation sites (tertiary alicyclic amines) is 1. The minimum atomic E-state index is -3.79. The summed E-state index contributed by atoms with van der Waals surface area (Å²) in [6.07, 6.45) is 1.70. The molecule has 1 saturated heterocycles. The van der Waals surface area contributed by atoms with E-state index in [0.29, 0.717) is 31.3 Å². The maximum Gasteiger partial charge on any atom is 0.243 e. The summed E-state index contributed by atoms with van der Waals surface area (Å²) in [6.45, 7) is 8.87. The fourth-order valence-corrected chi connectivity index (χ4v) is 5.84. The molecule has 0 aromatic heterocycles. The number of amides is 2. The fourth-order valence-electron chi connectivity index (χ4n) is 4.67. The number of hydrogen-bond acceptors (Lipinski definition) is 4. The van der Waals surface area contributed by atoms with E-state index in [1.807, 2.05) is 6.92 Å². The molecule has 8 heteroatoms. The number of nitrogens with zero attached hydrogens (tertiary/aromatic N) is 3. The molecule has 0 N–H and O–H groups in total. The highest BCUT2D eigenvalue weighted by molar-refractivity contribution is 7.89. The lowest BCUT2D eigenvalue weighted by Crippen LogP contribution is -2.47. The first kappa shape index (κ1) is 21.8. The van der Waals surface area contributed by atoms with Crippen molar-refractivity contribution in [2.45, 2.75) is 51.5 Å². The summed E-state index contributed by atoms with van der Waals surface area (Å²) >= 11 is 0. The number of carbonyl (C=O) groups is 2. The van der Waals surface area contributed by atoms with Crippen LogP contribution in [-0.4, -0.2) is 62.2 Å². The zero-order valence-electron chi connectivity index (χ0n) is 17.9. The van der Waals surface area contributed by atoms with Crippen LogP contribution in [0.25, 0.3) is 0 Å². The predicted molar refractivity (Wildman–Crippen MR) is 112 cm³/mol. The van der Waals surface area contributed by atoms with E-state index in [-0.39, 0.29) is 29.3 Å². The zero-order chi connectivity index (χ0) is 21.5. The van der Waals surface area contributed by atoms with E-state index in [2.05, 4.69) is 13.8 Å². The third-order valence-electron chi connectivity index (χ3n) is 5.89. The molecule has 2 amide bonds. The van der Waals surface area contributed by atoms with Gasteiger partial charge in [-0.2, -0.15) is 4.31 Å². The number of likely N-dealkylation sites (N-methyl/N-ethyl adjacent to an activating group) is 1. The minimum absolute atomic E-state index is 0.00263. The molecule has 1 aromatic rings. The zero-order valence-corrected chi connectivity index (χ0v) is 18.7. The van der Waals surface area contributed by atoms with Crippen molar-refractivity contribution < 1.29 is 18.0 Å². The molecule has 7 nitrogen and oxygen atoms in total. The van der Waals surface area contributed by atoms with Gasteiger partial charge in [-0.05, 0) is 55.4 Å². The quantitative estimate of drug-likeness (QED) is 0.746. The van der Waals surface area contributed by atoms with Crippen LogP contribution in [0.4, 0.5) is 5.69 Å².